The van der Waals surface area contributed by atoms with Crippen LogP contribution in [-0.4, -0.2) is 24.8 Å². The van der Waals surface area contributed by atoms with Crippen molar-refractivity contribution in [3.63, 3.8) is 0 Å². The van der Waals surface area contributed by atoms with E-state index in [1.807, 2.05) is 0 Å². The fourth-order valence-electron chi connectivity index (χ4n) is 1.79. The molecule has 86 valence electrons. The molecule has 0 amide bonds. The molecule has 0 radical (unpaired) electrons. The summed E-state index contributed by atoms with van der Waals surface area (Å²) < 4.78 is 10.4. The summed E-state index contributed by atoms with van der Waals surface area (Å²) in [5.74, 6) is 0.0302. The minimum Gasteiger partial charge on any atom is -0.497 e. The zero-order valence-corrected chi connectivity index (χ0v) is 8.90. The summed E-state index contributed by atoms with van der Waals surface area (Å²) in [7, 11) is 1.52. The molecule has 5 nitrogen and oxygen atoms in total. The molecule has 1 atom stereocenters. The highest BCUT2D eigenvalue weighted by molar-refractivity contribution is 5.82. The number of methoxy groups -OCH3 is 1. The van der Waals surface area contributed by atoms with Gasteiger partial charge in [-0.2, -0.15) is 0 Å². The van der Waals surface area contributed by atoms with Crippen molar-refractivity contribution in [1.29, 1.82) is 0 Å². The third-order valence-electron chi connectivity index (χ3n) is 2.80. The predicted octanol–water partition coefficient (Wildman–Crippen LogP) is 0.716. The van der Waals surface area contributed by atoms with E-state index in [0.29, 0.717) is 23.7 Å². The normalized spacial score (nSPS) is 23.1. The van der Waals surface area contributed by atoms with Gasteiger partial charge in [0.15, 0.2) is 0 Å². The van der Waals surface area contributed by atoms with E-state index in [1.54, 1.807) is 18.2 Å². The Balaban J connectivity index is 2.55. The van der Waals surface area contributed by atoms with Crippen LogP contribution in [0.15, 0.2) is 18.2 Å². The van der Waals surface area contributed by atoms with Crippen molar-refractivity contribution in [2.24, 2.45) is 5.73 Å². The van der Waals surface area contributed by atoms with Crippen LogP contribution in [0.4, 0.5) is 0 Å². The summed E-state index contributed by atoms with van der Waals surface area (Å²) in [5, 5.41) is 9.19. The predicted molar refractivity (Wildman–Crippen MR) is 56.6 cm³/mol. The third kappa shape index (κ3) is 1.49. The largest absolute Gasteiger partial charge is 0.497 e. The van der Waals surface area contributed by atoms with E-state index < -0.39 is 11.5 Å². The number of hydrogen-bond donors (Lipinski definition) is 2. The minimum atomic E-state index is -1.39. The number of nitrogens with two attached hydrogens (primary N) is 1. The van der Waals surface area contributed by atoms with Crippen molar-refractivity contribution < 1.29 is 19.4 Å². The second kappa shape index (κ2) is 3.68. The van der Waals surface area contributed by atoms with E-state index in [4.69, 9.17) is 15.2 Å². The van der Waals surface area contributed by atoms with Gasteiger partial charge in [0.2, 0.25) is 0 Å². The second-order valence-corrected chi connectivity index (χ2v) is 3.74. The molecule has 0 saturated heterocycles. The Morgan fingerprint density at radius 3 is 3.00 bits per heavy atom. The van der Waals surface area contributed by atoms with Crippen molar-refractivity contribution in [2.45, 2.75) is 12.0 Å². The molecule has 1 aromatic carbocycles. The number of carboxylic acids is 1. The molecular formula is C11H13NO4. The van der Waals surface area contributed by atoms with Crippen LogP contribution in [0.5, 0.6) is 11.5 Å². The Labute approximate surface area is 92.8 Å². The third-order valence-corrected chi connectivity index (χ3v) is 2.80. The first kappa shape index (κ1) is 10.8. The zero-order chi connectivity index (χ0) is 11.8. The van der Waals surface area contributed by atoms with Gasteiger partial charge in [-0.15, -0.1) is 0 Å². The van der Waals surface area contributed by atoms with Crippen LogP contribution in [0.3, 0.4) is 0 Å². The highest BCUT2D eigenvalue weighted by Crippen LogP contribution is 2.37. The number of carboxylic acid groups (broad SMARTS) is 1. The second-order valence-electron chi connectivity index (χ2n) is 3.74. The molecule has 1 aliphatic rings. The van der Waals surface area contributed by atoms with E-state index in [9.17, 15) is 9.90 Å². The lowest BCUT2D eigenvalue weighted by Gasteiger charge is -2.31. The molecule has 1 aliphatic heterocycles. The van der Waals surface area contributed by atoms with E-state index >= 15 is 0 Å². The molecule has 1 unspecified atom stereocenters. The molecule has 3 N–H and O–H groups in total. The molecule has 0 spiro atoms. The highest BCUT2D eigenvalue weighted by Gasteiger charge is 2.41. The summed E-state index contributed by atoms with van der Waals surface area (Å²) in [6, 6.07) is 5.01. The monoisotopic (exact) mass is 223 g/mol. The van der Waals surface area contributed by atoms with Crippen LogP contribution < -0.4 is 15.2 Å². The van der Waals surface area contributed by atoms with Gasteiger partial charge in [0.1, 0.15) is 17.0 Å². The number of ether oxygens (including phenoxy) is 2. The summed E-state index contributed by atoms with van der Waals surface area (Å²) in [5.41, 5.74) is 4.98. The van der Waals surface area contributed by atoms with Gasteiger partial charge in [0, 0.05) is 12.0 Å². The summed E-state index contributed by atoms with van der Waals surface area (Å²) in [6.45, 7) is 0.308. The van der Waals surface area contributed by atoms with Crippen molar-refractivity contribution in [3.8, 4) is 11.5 Å². The molecule has 2 rings (SSSR count). The maximum Gasteiger partial charge on any atom is 0.328 e. The number of fused-ring (bicyclic) bond motifs is 1. The first-order valence-corrected chi connectivity index (χ1v) is 4.91. The molecule has 0 bridgehead atoms. The Morgan fingerprint density at radius 1 is 1.62 bits per heavy atom. The quantitative estimate of drug-likeness (QED) is 0.771. The topological polar surface area (TPSA) is 81.8 Å². The maximum atomic E-state index is 11.2. The lowest BCUT2D eigenvalue weighted by Crippen LogP contribution is -2.48. The van der Waals surface area contributed by atoms with E-state index in [-0.39, 0.29) is 6.42 Å². The van der Waals surface area contributed by atoms with E-state index in [1.165, 1.54) is 7.11 Å². The number of benzene rings is 1. The van der Waals surface area contributed by atoms with Crippen molar-refractivity contribution in [1.82, 2.24) is 0 Å². The summed E-state index contributed by atoms with van der Waals surface area (Å²) >= 11 is 0. The molecule has 16 heavy (non-hydrogen) atoms. The van der Waals surface area contributed by atoms with Crippen LogP contribution in [-0.2, 0) is 10.3 Å². The Morgan fingerprint density at radius 2 is 2.38 bits per heavy atom. The smallest absolute Gasteiger partial charge is 0.328 e. The van der Waals surface area contributed by atoms with Gasteiger partial charge in [0.05, 0.1) is 13.7 Å². The average molecular weight is 223 g/mol. The number of hydrogen-bond acceptors (Lipinski definition) is 4. The molecule has 0 saturated carbocycles. The average Bonchev–Trinajstić information content (AvgIpc) is 2.29. The fraction of sp³-hybridized carbons (Fsp3) is 0.364. The number of aliphatic carboxylic acids is 1. The van der Waals surface area contributed by atoms with Crippen molar-refractivity contribution in [2.75, 3.05) is 13.7 Å². The van der Waals surface area contributed by atoms with Gasteiger partial charge in [-0.3, -0.25) is 0 Å². The summed E-state index contributed by atoms with van der Waals surface area (Å²) in [4.78, 5) is 11.2. The molecular weight excluding hydrogens is 210 g/mol. The van der Waals surface area contributed by atoms with Crippen LogP contribution in [0, 0.1) is 0 Å². The summed E-state index contributed by atoms with van der Waals surface area (Å²) in [6.07, 6.45) is 0.252. The first-order valence-electron chi connectivity index (χ1n) is 4.91. The molecule has 0 fully saturated rings. The Hall–Kier alpha value is -1.75. The van der Waals surface area contributed by atoms with Gasteiger partial charge < -0.3 is 20.3 Å². The number of rotatable bonds is 2. The van der Waals surface area contributed by atoms with Crippen molar-refractivity contribution >= 4 is 5.97 Å². The molecule has 5 heteroatoms. The van der Waals surface area contributed by atoms with Gasteiger partial charge in [-0.05, 0) is 18.2 Å². The Kier molecular flexibility index (Phi) is 2.47. The molecule has 0 aliphatic carbocycles. The fourth-order valence-corrected chi connectivity index (χ4v) is 1.79. The highest BCUT2D eigenvalue weighted by atomic mass is 16.5. The lowest BCUT2D eigenvalue weighted by molar-refractivity contribution is -0.144. The van der Waals surface area contributed by atoms with Crippen LogP contribution >= 0.6 is 0 Å². The SMILES string of the molecule is COc1ccc2c(c1)C(N)(C(=O)O)CCO2. The van der Waals surface area contributed by atoms with Gasteiger partial charge in [-0.25, -0.2) is 4.79 Å². The van der Waals surface area contributed by atoms with Gasteiger partial charge in [-0.1, -0.05) is 0 Å². The first-order chi connectivity index (χ1) is 7.58. The van der Waals surface area contributed by atoms with Crippen molar-refractivity contribution in [3.05, 3.63) is 23.8 Å². The molecule has 1 heterocycles. The van der Waals surface area contributed by atoms with Crippen LogP contribution in [0.25, 0.3) is 0 Å². The number of carbonyl (C=O) groups is 1. The van der Waals surface area contributed by atoms with Crippen LogP contribution in [0.1, 0.15) is 12.0 Å². The molecule has 1 aromatic rings. The zero-order valence-electron chi connectivity index (χ0n) is 8.90. The van der Waals surface area contributed by atoms with Gasteiger partial charge >= 0.3 is 5.97 Å². The van der Waals surface area contributed by atoms with Gasteiger partial charge in [0.25, 0.3) is 0 Å². The van der Waals surface area contributed by atoms with E-state index in [0.717, 1.165) is 0 Å². The molecule has 0 aromatic heterocycles. The maximum absolute atomic E-state index is 11.2. The van der Waals surface area contributed by atoms with Crippen LogP contribution in [0.2, 0.25) is 0 Å². The standard InChI is InChI=1S/C11H13NO4/c1-15-7-2-3-9-8(6-7)11(12,10(13)14)4-5-16-9/h2-3,6H,4-5,12H2,1H3,(H,13,14). The Bertz CT molecular complexity index is 432. The minimum absolute atomic E-state index is 0.252. The van der Waals surface area contributed by atoms with E-state index in [2.05, 4.69) is 0 Å². The lowest BCUT2D eigenvalue weighted by atomic mass is 9.85.